The number of amidine groups is 1. The molecule has 0 unspecified atom stereocenters. The molecule has 0 amide bonds. The number of benzene rings is 1. The lowest BCUT2D eigenvalue weighted by molar-refractivity contribution is 0.262. The van der Waals surface area contributed by atoms with Gasteiger partial charge < -0.3 is 10.5 Å². The Kier molecular flexibility index (Phi) is 4.20. The van der Waals surface area contributed by atoms with Crippen LogP contribution >= 0.6 is 0 Å². The van der Waals surface area contributed by atoms with Gasteiger partial charge in [0.25, 0.3) is 0 Å². The number of nitrogens with zero attached hydrogens (tertiary/aromatic N) is 1. The Morgan fingerprint density at radius 2 is 2.28 bits per heavy atom. The van der Waals surface area contributed by atoms with E-state index in [1.165, 1.54) is 18.4 Å². The Hall–Kier alpha value is -1.55. The van der Waals surface area contributed by atoms with Gasteiger partial charge in [-0.05, 0) is 30.5 Å². The molecule has 0 aliphatic heterocycles. The van der Waals surface area contributed by atoms with Gasteiger partial charge in [0.1, 0.15) is 5.75 Å². The summed E-state index contributed by atoms with van der Waals surface area (Å²) < 4.78 is 5.24. The molecule has 0 spiro atoms. The van der Waals surface area contributed by atoms with Crippen molar-refractivity contribution in [2.45, 2.75) is 31.8 Å². The van der Waals surface area contributed by atoms with Gasteiger partial charge in [-0.1, -0.05) is 12.1 Å². The molecule has 0 bridgehead atoms. The first-order valence-corrected chi connectivity index (χ1v) is 6.39. The van der Waals surface area contributed by atoms with E-state index in [0.717, 1.165) is 18.8 Å². The minimum absolute atomic E-state index is 0.270. The Labute approximate surface area is 108 Å². The fourth-order valence-electron chi connectivity index (χ4n) is 2.10. The average molecular weight is 247 g/mol. The molecule has 1 aliphatic carbocycles. The molecule has 3 N–H and O–H groups in total. The normalized spacial score (nSPS) is 14.8. The number of hydrogen-bond donors (Lipinski definition) is 2. The second-order valence-electron chi connectivity index (χ2n) is 4.83. The van der Waals surface area contributed by atoms with Crippen LogP contribution in [0.4, 0.5) is 0 Å². The topological polar surface area (TPSA) is 62.3 Å². The molecule has 1 saturated carbocycles. The molecule has 0 atom stereocenters. The Bertz CT molecular complexity index is 415. The van der Waals surface area contributed by atoms with Gasteiger partial charge in [0, 0.05) is 25.6 Å². The zero-order valence-corrected chi connectivity index (χ0v) is 10.9. The molecule has 98 valence electrons. The van der Waals surface area contributed by atoms with E-state index in [0.29, 0.717) is 12.5 Å². The van der Waals surface area contributed by atoms with Crippen LogP contribution in [0.2, 0.25) is 0 Å². The summed E-state index contributed by atoms with van der Waals surface area (Å²) in [5.74, 6) is 1.17. The minimum Gasteiger partial charge on any atom is -0.497 e. The molecule has 0 aromatic heterocycles. The van der Waals surface area contributed by atoms with Crippen LogP contribution < -0.4 is 10.5 Å². The quantitative estimate of drug-likeness (QED) is 0.572. The molecule has 0 radical (unpaired) electrons. The summed E-state index contributed by atoms with van der Waals surface area (Å²) in [7, 11) is 1.69. The van der Waals surface area contributed by atoms with Crippen LogP contribution in [0.25, 0.3) is 0 Å². The fourth-order valence-corrected chi connectivity index (χ4v) is 2.10. The van der Waals surface area contributed by atoms with Gasteiger partial charge in [-0.3, -0.25) is 10.3 Å². The molecule has 4 nitrogen and oxygen atoms in total. The van der Waals surface area contributed by atoms with E-state index in [1.807, 2.05) is 12.1 Å². The molecular formula is C14H21N3O. The Morgan fingerprint density at radius 3 is 2.89 bits per heavy atom. The Balaban J connectivity index is 1.96. The molecule has 0 heterocycles. The largest absolute Gasteiger partial charge is 0.497 e. The van der Waals surface area contributed by atoms with Crippen molar-refractivity contribution >= 4 is 5.84 Å². The van der Waals surface area contributed by atoms with E-state index in [1.54, 1.807) is 7.11 Å². The second kappa shape index (κ2) is 5.87. The molecule has 1 fully saturated rings. The molecule has 1 aromatic carbocycles. The molecule has 1 aromatic rings. The zero-order chi connectivity index (χ0) is 13.0. The maximum atomic E-state index is 7.32. The van der Waals surface area contributed by atoms with Crippen molar-refractivity contribution < 1.29 is 4.74 Å². The van der Waals surface area contributed by atoms with E-state index in [2.05, 4.69) is 17.0 Å². The predicted octanol–water partition coefficient (Wildman–Crippen LogP) is 1.99. The van der Waals surface area contributed by atoms with Gasteiger partial charge in [-0.25, -0.2) is 0 Å². The molecular weight excluding hydrogens is 226 g/mol. The molecule has 18 heavy (non-hydrogen) atoms. The summed E-state index contributed by atoms with van der Waals surface area (Å²) in [5.41, 5.74) is 6.69. The number of methoxy groups -OCH3 is 1. The monoisotopic (exact) mass is 247 g/mol. The van der Waals surface area contributed by atoms with Crippen LogP contribution in [-0.4, -0.2) is 30.4 Å². The van der Waals surface area contributed by atoms with Crippen molar-refractivity contribution in [3.63, 3.8) is 0 Å². The van der Waals surface area contributed by atoms with Crippen molar-refractivity contribution in [2.75, 3.05) is 13.7 Å². The summed E-state index contributed by atoms with van der Waals surface area (Å²) in [6.45, 7) is 1.78. The highest BCUT2D eigenvalue weighted by molar-refractivity contribution is 5.76. The lowest BCUT2D eigenvalue weighted by Gasteiger charge is -2.22. The smallest absolute Gasteiger partial charge is 0.119 e. The molecule has 2 rings (SSSR count). The van der Waals surface area contributed by atoms with Crippen LogP contribution in [0.5, 0.6) is 5.75 Å². The number of nitrogens with two attached hydrogens (primary N) is 1. The van der Waals surface area contributed by atoms with Crippen LogP contribution in [0.15, 0.2) is 24.3 Å². The van der Waals surface area contributed by atoms with E-state index >= 15 is 0 Å². The third-order valence-corrected chi connectivity index (χ3v) is 3.25. The molecule has 4 heteroatoms. The van der Waals surface area contributed by atoms with Gasteiger partial charge in [-0.15, -0.1) is 0 Å². The van der Waals surface area contributed by atoms with Crippen molar-refractivity contribution in [1.82, 2.24) is 4.90 Å². The van der Waals surface area contributed by atoms with Gasteiger partial charge in [-0.2, -0.15) is 0 Å². The summed E-state index contributed by atoms with van der Waals surface area (Å²) in [4.78, 5) is 2.41. The third kappa shape index (κ3) is 3.74. The third-order valence-electron chi connectivity index (χ3n) is 3.25. The van der Waals surface area contributed by atoms with Gasteiger partial charge in [0.2, 0.25) is 0 Å². The lowest BCUT2D eigenvalue weighted by atomic mass is 10.2. The van der Waals surface area contributed by atoms with Crippen molar-refractivity contribution in [1.29, 1.82) is 5.41 Å². The minimum atomic E-state index is 0.270. The number of hydrogen-bond acceptors (Lipinski definition) is 3. The predicted molar refractivity (Wildman–Crippen MR) is 73.0 cm³/mol. The van der Waals surface area contributed by atoms with Crippen LogP contribution in [0.1, 0.15) is 24.8 Å². The first kappa shape index (κ1) is 12.9. The summed E-state index contributed by atoms with van der Waals surface area (Å²) in [6.07, 6.45) is 3.18. The second-order valence-corrected chi connectivity index (χ2v) is 4.83. The van der Waals surface area contributed by atoms with Crippen molar-refractivity contribution in [2.24, 2.45) is 5.73 Å². The summed E-state index contributed by atoms with van der Waals surface area (Å²) in [6, 6.07) is 8.84. The van der Waals surface area contributed by atoms with Crippen LogP contribution in [0, 0.1) is 5.41 Å². The number of ether oxygens (including phenoxy) is 1. The highest BCUT2D eigenvalue weighted by atomic mass is 16.5. The van der Waals surface area contributed by atoms with Crippen LogP contribution in [-0.2, 0) is 6.54 Å². The number of rotatable bonds is 7. The average Bonchev–Trinajstić information content (AvgIpc) is 3.18. The standard InChI is InChI=1S/C14H21N3O/c1-18-13-4-2-3-11(9-13)10-17(12-5-6-12)8-7-14(15)16/h2-4,9,12H,5-8,10H2,1H3,(H3,15,16). The van der Waals surface area contributed by atoms with E-state index in [-0.39, 0.29) is 5.84 Å². The van der Waals surface area contributed by atoms with Gasteiger partial charge in [0.15, 0.2) is 0 Å². The number of nitrogens with one attached hydrogen (secondary N) is 1. The van der Waals surface area contributed by atoms with Gasteiger partial charge >= 0.3 is 0 Å². The zero-order valence-electron chi connectivity index (χ0n) is 10.9. The SMILES string of the molecule is COc1cccc(CN(CCC(=N)N)C2CC2)c1. The highest BCUT2D eigenvalue weighted by Crippen LogP contribution is 2.28. The van der Waals surface area contributed by atoms with E-state index in [9.17, 15) is 0 Å². The fraction of sp³-hybridized carbons (Fsp3) is 0.500. The highest BCUT2D eigenvalue weighted by Gasteiger charge is 2.28. The van der Waals surface area contributed by atoms with Crippen molar-refractivity contribution in [3.05, 3.63) is 29.8 Å². The first-order chi connectivity index (χ1) is 8.69. The van der Waals surface area contributed by atoms with Crippen LogP contribution in [0.3, 0.4) is 0 Å². The Morgan fingerprint density at radius 1 is 1.50 bits per heavy atom. The van der Waals surface area contributed by atoms with Gasteiger partial charge in [0.05, 0.1) is 12.9 Å². The first-order valence-electron chi connectivity index (χ1n) is 6.39. The summed E-state index contributed by atoms with van der Waals surface area (Å²) >= 11 is 0. The summed E-state index contributed by atoms with van der Waals surface area (Å²) in [5, 5.41) is 7.32. The molecule has 1 aliphatic rings. The molecule has 0 saturated heterocycles. The van der Waals surface area contributed by atoms with Crippen molar-refractivity contribution in [3.8, 4) is 5.75 Å². The maximum absolute atomic E-state index is 7.32. The maximum Gasteiger partial charge on any atom is 0.119 e. The van der Waals surface area contributed by atoms with E-state index in [4.69, 9.17) is 15.9 Å². The lowest BCUT2D eigenvalue weighted by Crippen LogP contribution is -2.29. The van der Waals surface area contributed by atoms with E-state index < -0.39 is 0 Å².